The molecule has 0 aromatic carbocycles. The minimum atomic E-state index is -2.23. The Kier molecular flexibility index (Phi) is 3.78. The fourth-order valence-electron chi connectivity index (χ4n) is 0.0667. The van der Waals surface area contributed by atoms with E-state index in [1.165, 1.54) is 0 Å². The molecular formula is CH4BO3P. The van der Waals surface area contributed by atoms with E-state index in [-0.39, 0.29) is 6.51 Å². The first-order valence-electron chi connectivity index (χ1n) is 1.28. The van der Waals surface area contributed by atoms with E-state index in [1.54, 1.807) is 0 Å². The Morgan fingerprint density at radius 2 is 2.17 bits per heavy atom. The molecular weight excluding hydrogens is 102 g/mol. The van der Waals surface area contributed by atoms with Gasteiger partial charge in [-0.15, -0.1) is 0 Å². The lowest BCUT2D eigenvalue weighted by Gasteiger charge is -1.95. The standard InChI is InChI=1S/CH4BO3P/c2-1-5-6(3)4/h3-4H,1H2. The number of hydrogen-bond donors (Lipinski definition) is 2. The van der Waals surface area contributed by atoms with E-state index in [0.29, 0.717) is 0 Å². The van der Waals surface area contributed by atoms with Gasteiger partial charge in [0.15, 0.2) is 0 Å². The van der Waals surface area contributed by atoms with E-state index in [0.717, 1.165) is 0 Å². The van der Waals surface area contributed by atoms with E-state index in [9.17, 15) is 0 Å². The van der Waals surface area contributed by atoms with Crippen molar-refractivity contribution < 1.29 is 14.3 Å². The Bertz CT molecular complexity index is 32.0. The van der Waals surface area contributed by atoms with Crippen LogP contribution in [0.2, 0.25) is 0 Å². The highest BCUT2D eigenvalue weighted by molar-refractivity contribution is 7.39. The number of hydrogen-bond acceptors (Lipinski definition) is 3. The molecule has 0 aromatic rings. The Balaban J connectivity index is 2.63. The van der Waals surface area contributed by atoms with Crippen LogP contribution in [-0.4, -0.2) is 24.1 Å². The summed E-state index contributed by atoms with van der Waals surface area (Å²) in [6.45, 7) is -0.140. The van der Waals surface area contributed by atoms with Crippen LogP contribution in [0.15, 0.2) is 0 Å². The van der Waals surface area contributed by atoms with Crippen molar-refractivity contribution in [2.75, 3.05) is 6.51 Å². The van der Waals surface area contributed by atoms with Gasteiger partial charge in [-0.2, -0.15) is 0 Å². The van der Waals surface area contributed by atoms with Crippen molar-refractivity contribution in [2.45, 2.75) is 0 Å². The summed E-state index contributed by atoms with van der Waals surface area (Å²) in [6, 6.07) is 0. The minimum absolute atomic E-state index is 0.140. The highest BCUT2D eigenvalue weighted by Gasteiger charge is 1.90. The van der Waals surface area contributed by atoms with Crippen LogP contribution >= 0.6 is 8.60 Å². The maximum Gasteiger partial charge on any atom is 0.326 e. The summed E-state index contributed by atoms with van der Waals surface area (Å²) in [5.74, 6) is 0. The third-order valence-electron chi connectivity index (χ3n) is 0.190. The summed E-state index contributed by atoms with van der Waals surface area (Å²) in [5.41, 5.74) is 0. The van der Waals surface area contributed by atoms with E-state index in [4.69, 9.17) is 17.6 Å². The van der Waals surface area contributed by atoms with Crippen LogP contribution in [0.5, 0.6) is 0 Å². The molecule has 0 aliphatic rings. The summed E-state index contributed by atoms with van der Waals surface area (Å²) >= 11 is 0. The quantitative estimate of drug-likeness (QED) is 0.362. The first kappa shape index (κ1) is 6.37. The van der Waals surface area contributed by atoms with Crippen molar-refractivity contribution in [2.24, 2.45) is 0 Å². The van der Waals surface area contributed by atoms with Crippen molar-refractivity contribution in [3.05, 3.63) is 0 Å². The van der Waals surface area contributed by atoms with Gasteiger partial charge in [-0.3, -0.25) is 0 Å². The molecule has 3 nitrogen and oxygen atoms in total. The van der Waals surface area contributed by atoms with Gasteiger partial charge >= 0.3 is 8.60 Å². The molecule has 0 saturated heterocycles. The summed E-state index contributed by atoms with van der Waals surface area (Å²) in [6.07, 6.45) is 0. The first-order valence-corrected chi connectivity index (χ1v) is 2.44. The molecule has 0 aromatic heterocycles. The molecule has 0 atom stereocenters. The van der Waals surface area contributed by atoms with Gasteiger partial charge in [0.1, 0.15) is 7.85 Å². The normalized spacial score (nSPS) is 9.83. The third kappa shape index (κ3) is 4.37. The maximum absolute atomic E-state index is 7.87. The lowest BCUT2D eigenvalue weighted by atomic mass is 10.2. The predicted molar refractivity (Wildman–Crippen MR) is 23.1 cm³/mol. The zero-order valence-corrected chi connectivity index (χ0v) is 3.93. The van der Waals surface area contributed by atoms with Gasteiger partial charge in [-0.25, -0.2) is 0 Å². The van der Waals surface area contributed by atoms with Crippen molar-refractivity contribution >= 4 is 16.4 Å². The fraction of sp³-hybridized carbons (Fsp3) is 1.00. The molecule has 0 rings (SSSR count). The number of rotatable bonds is 2. The SMILES string of the molecule is [B]COP(O)O. The first-order chi connectivity index (χ1) is 2.77. The molecule has 0 fully saturated rings. The van der Waals surface area contributed by atoms with Gasteiger partial charge < -0.3 is 14.3 Å². The maximum atomic E-state index is 7.87. The van der Waals surface area contributed by atoms with Crippen molar-refractivity contribution in [3.8, 4) is 0 Å². The molecule has 0 aliphatic carbocycles. The van der Waals surface area contributed by atoms with Crippen LogP contribution in [0.25, 0.3) is 0 Å². The van der Waals surface area contributed by atoms with Gasteiger partial charge in [-0.1, -0.05) is 0 Å². The Morgan fingerprint density at radius 3 is 2.17 bits per heavy atom. The van der Waals surface area contributed by atoms with Crippen molar-refractivity contribution in [1.29, 1.82) is 0 Å². The van der Waals surface area contributed by atoms with Crippen LogP contribution in [0.1, 0.15) is 0 Å². The molecule has 2 radical (unpaired) electrons. The second kappa shape index (κ2) is 3.56. The molecule has 0 heterocycles. The smallest absolute Gasteiger partial charge is 0.326 e. The van der Waals surface area contributed by atoms with Crippen molar-refractivity contribution in [3.63, 3.8) is 0 Å². The summed E-state index contributed by atoms with van der Waals surface area (Å²) in [4.78, 5) is 15.7. The highest BCUT2D eigenvalue weighted by Crippen LogP contribution is 2.22. The molecule has 0 aliphatic heterocycles. The summed E-state index contributed by atoms with van der Waals surface area (Å²) in [7, 11) is 2.48. The van der Waals surface area contributed by atoms with Gasteiger partial charge in [0.2, 0.25) is 0 Å². The molecule has 6 heavy (non-hydrogen) atoms. The van der Waals surface area contributed by atoms with E-state index in [1.807, 2.05) is 0 Å². The van der Waals surface area contributed by atoms with E-state index < -0.39 is 8.60 Å². The molecule has 0 unspecified atom stereocenters. The summed E-state index contributed by atoms with van der Waals surface area (Å²) in [5, 5.41) is 0. The Morgan fingerprint density at radius 1 is 1.67 bits per heavy atom. The fourth-order valence-corrected chi connectivity index (χ4v) is 0.200. The molecule has 5 heteroatoms. The van der Waals surface area contributed by atoms with Crippen LogP contribution in [0, 0.1) is 0 Å². The largest absolute Gasteiger partial charge is 0.328 e. The van der Waals surface area contributed by atoms with Crippen LogP contribution in [-0.2, 0) is 4.52 Å². The average molecular weight is 106 g/mol. The monoisotopic (exact) mass is 106 g/mol. The topological polar surface area (TPSA) is 49.7 Å². The van der Waals surface area contributed by atoms with Gasteiger partial charge in [0, 0.05) is 6.51 Å². The van der Waals surface area contributed by atoms with Crippen LogP contribution < -0.4 is 0 Å². The minimum Gasteiger partial charge on any atom is -0.328 e. The second-order valence-electron chi connectivity index (χ2n) is 0.549. The Labute approximate surface area is 38.4 Å². The van der Waals surface area contributed by atoms with Gasteiger partial charge in [-0.05, 0) is 0 Å². The second-order valence-corrected chi connectivity index (χ2v) is 1.31. The average Bonchev–Trinajstić information content (AvgIpc) is 1.35. The molecule has 2 N–H and O–H groups in total. The van der Waals surface area contributed by atoms with Crippen molar-refractivity contribution in [1.82, 2.24) is 0 Å². The lowest BCUT2D eigenvalue weighted by Crippen LogP contribution is -1.84. The Hall–Kier alpha value is 0.375. The molecule has 34 valence electrons. The molecule has 0 spiro atoms. The molecule has 0 bridgehead atoms. The van der Waals surface area contributed by atoms with Crippen LogP contribution in [0.4, 0.5) is 0 Å². The van der Waals surface area contributed by atoms with E-state index in [2.05, 4.69) is 4.52 Å². The lowest BCUT2D eigenvalue weighted by molar-refractivity contribution is 0.296. The highest BCUT2D eigenvalue weighted by atomic mass is 31.2. The van der Waals surface area contributed by atoms with Gasteiger partial charge in [0.05, 0.1) is 0 Å². The molecule has 0 amide bonds. The zero-order valence-electron chi connectivity index (χ0n) is 3.03. The van der Waals surface area contributed by atoms with Crippen LogP contribution in [0.3, 0.4) is 0 Å². The zero-order chi connectivity index (χ0) is 4.99. The predicted octanol–water partition coefficient (Wildman–Crippen LogP) is -0.660. The van der Waals surface area contributed by atoms with E-state index >= 15 is 0 Å². The van der Waals surface area contributed by atoms with Gasteiger partial charge in [0.25, 0.3) is 0 Å². The third-order valence-corrected chi connectivity index (χ3v) is 0.570. The molecule has 0 saturated carbocycles. The summed E-state index contributed by atoms with van der Waals surface area (Å²) < 4.78 is 4.00.